The molecule has 0 bridgehead atoms. The van der Waals surface area contributed by atoms with Crippen LogP contribution in [-0.2, 0) is 32.7 Å². The topological polar surface area (TPSA) is 29.5 Å². The predicted octanol–water partition coefficient (Wildman–Crippen LogP) is 2.72. The van der Waals surface area contributed by atoms with E-state index in [0.29, 0.717) is 6.42 Å². The Morgan fingerprint density at radius 1 is 1.17 bits per heavy atom. The monoisotopic (exact) mass is 314 g/mol. The van der Waals surface area contributed by atoms with Crippen molar-refractivity contribution in [1.82, 2.24) is 0 Å². The van der Waals surface area contributed by atoms with Gasteiger partial charge in [0.1, 0.15) is 0 Å². The van der Waals surface area contributed by atoms with Gasteiger partial charge in [0, 0.05) is 44.9 Å². The Balaban J connectivity index is 0.00000120. The molecule has 0 aliphatic carbocycles. The van der Waals surface area contributed by atoms with Crippen LogP contribution in [0.15, 0.2) is 48.5 Å². The van der Waals surface area contributed by atoms with Crippen LogP contribution in [0.1, 0.15) is 23.5 Å². The van der Waals surface area contributed by atoms with Crippen molar-refractivity contribution in [3.8, 4) is 5.75 Å². The van der Waals surface area contributed by atoms with E-state index in [0.717, 1.165) is 11.3 Å². The van der Waals surface area contributed by atoms with Gasteiger partial charge < -0.3 is 9.84 Å². The van der Waals surface area contributed by atoms with Gasteiger partial charge >= 0.3 is 0 Å². The first kappa shape index (κ1) is 13.7. The molecule has 18 heavy (non-hydrogen) atoms. The van der Waals surface area contributed by atoms with Gasteiger partial charge in [-0.15, -0.1) is 11.6 Å². The zero-order valence-electron chi connectivity index (χ0n) is 9.91. The van der Waals surface area contributed by atoms with E-state index in [1.165, 1.54) is 5.56 Å². The predicted molar refractivity (Wildman–Crippen MR) is 64.8 cm³/mol. The van der Waals surface area contributed by atoms with Crippen LogP contribution in [0.4, 0.5) is 0 Å². The molecule has 3 rings (SSSR count). The van der Waals surface area contributed by atoms with Crippen molar-refractivity contribution in [2.75, 3.05) is 0 Å². The molecular formula is C15H13O2Y-. The minimum atomic E-state index is -0.727. The molecule has 2 nitrogen and oxygen atoms in total. The van der Waals surface area contributed by atoms with Crippen molar-refractivity contribution in [2.24, 2.45) is 0 Å². The summed E-state index contributed by atoms with van der Waals surface area (Å²) in [6.07, 6.45) is -0.135. The van der Waals surface area contributed by atoms with Gasteiger partial charge in [0.2, 0.25) is 0 Å². The van der Waals surface area contributed by atoms with Gasteiger partial charge in [-0.2, -0.15) is 18.2 Å². The SMILES string of the molecule is OC1CC(c2ccccc2)c2c[c-]ccc2O1.[Y]. The molecule has 3 heteroatoms. The second-order valence-corrected chi connectivity index (χ2v) is 4.24. The molecule has 1 heterocycles. The summed E-state index contributed by atoms with van der Waals surface area (Å²) in [6, 6.07) is 18.9. The first-order chi connectivity index (χ1) is 8.34. The number of ether oxygens (including phenoxy) is 1. The molecule has 1 radical (unpaired) electrons. The Kier molecular flexibility index (Phi) is 4.55. The van der Waals surface area contributed by atoms with E-state index in [9.17, 15) is 5.11 Å². The van der Waals surface area contributed by atoms with Crippen molar-refractivity contribution >= 4 is 0 Å². The first-order valence-corrected chi connectivity index (χ1v) is 5.74. The van der Waals surface area contributed by atoms with E-state index in [4.69, 9.17) is 4.74 Å². The average molecular weight is 314 g/mol. The van der Waals surface area contributed by atoms with Crippen LogP contribution >= 0.6 is 0 Å². The summed E-state index contributed by atoms with van der Waals surface area (Å²) in [5.74, 6) is 0.948. The van der Waals surface area contributed by atoms with Gasteiger partial charge in [-0.05, 0) is 5.92 Å². The number of hydrogen-bond donors (Lipinski definition) is 1. The van der Waals surface area contributed by atoms with Gasteiger partial charge in [0.05, 0.1) is 0 Å². The molecule has 0 amide bonds. The van der Waals surface area contributed by atoms with Gasteiger partial charge in [0.25, 0.3) is 0 Å². The van der Waals surface area contributed by atoms with E-state index in [2.05, 4.69) is 18.2 Å². The Morgan fingerprint density at radius 3 is 2.72 bits per heavy atom. The maximum Gasteiger partial charge on any atom is 0.194 e. The second kappa shape index (κ2) is 5.96. The molecule has 2 unspecified atom stereocenters. The maximum atomic E-state index is 9.76. The molecule has 2 atom stereocenters. The van der Waals surface area contributed by atoms with Crippen LogP contribution < -0.4 is 4.74 Å². The third-order valence-corrected chi connectivity index (χ3v) is 3.13. The molecule has 0 saturated carbocycles. The normalized spacial score (nSPS) is 21.4. The fourth-order valence-corrected chi connectivity index (χ4v) is 2.33. The molecule has 0 saturated heterocycles. The summed E-state index contributed by atoms with van der Waals surface area (Å²) in [6.45, 7) is 0. The largest absolute Gasteiger partial charge is 0.490 e. The number of rotatable bonds is 1. The van der Waals surface area contributed by atoms with Crippen molar-refractivity contribution < 1.29 is 42.6 Å². The van der Waals surface area contributed by atoms with Gasteiger partial charge in [-0.25, -0.2) is 0 Å². The van der Waals surface area contributed by atoms with Crippen molar-refractivity contribution in [1.29, 1.82) is 0 Å². The molecule has 0 spiro atoms. The van der Waals surface area contributed by atoms with E-state index >= 15 is 0 Å². The number of benzene rings is 2. The van der Waals surface area contributed by atoms with Crippen molar-refractivity contribution in [2.45, 2.75) is 18.6 Å². The molecule has 1 N–H and O–H groups in total. The fraction of sp³-hybridized carbons (Fsp3) is 0.200. The summed E-state index contributed by atoms with van der Waals surface area (Å²) >= 11 is 0. The van der Waals surface area contributed by atoms with E-state index in [1.54, 1.807) is 6.07 Å². The minimum absolute atomic E-state index is 0. The molecule has 1 aliphatic rings. The number of fused-ring (bicyclic) bond motifs is 1. The number of aliphatic hydroxyl groups excluding tert-OH is 1. The Morgan fingerprint density at radius 2 is 1.94 bits per heavy atom. The van der Waals surface area contributed by atoms with Crippen LogP contribution in [-0.4, -0.2) is 11.4 Å². The van der Waals surface area contributed by atoms with Crippen LogP contribution in [0, 0.1) is 6.07 Å². The fourth-order valence-electron chi connectivity index (χ4n) is 2.33. The summed E-state index contributed by atoms with van der Waals surface area (Å²) in [5.41, 5.74) is 2.31. The Bertz CT molecular complexity index is 513. The van der Waals surface area contributed by atoms with Gasteiger partial charge in [-0.3, -0.25) is 0 Å². The van der Waals surface area contributed by atoms with E-state index in [1.807, 2.05) is 30.3 Å². The van der Waals surface area contributed by atoms with Crippen molar-refractivity contribution in [3.63, 3.8) is 0 Å². The van der Waals surface area contributed by atoms with Gasteiger partial charge in [-0.1, -0.05) is 35.9 Å². The molecule has 0 aromatic heterocycles. The van der Waals surface area contributed by atoms with E-state index in [-0.39, 0.29) is 38.6 Å². The third-order valence-electron chi connectivity index (χ3n) is 3.13. The smallest absolute Gasteiger partial charge is 0.194 e. The summed E-state index contributed by atoms with van der Waals surface area (Å²) < 4.78 is 5.42. The zero-order chi connectivity index (χ0) is 11.7. The van der Waals surface area contributed by atoms with Crippen molar-refractivity contribution in [3.05, 3.63) is 65.7 Å². The first-order valence-electron chi connectivity index (χ1n) is 5.74. The molecule has 0 fully saturated rings. The van der Waals surface area contributed by atoms with Crippen LogP contribution in [0.2, 0.25) is 0 Å². The Hall–Kier alpha value is -0.696. The zero-order valence-corrected chi connectivity index (χ0v) is 12.8. The Labute approximate surface area is 132 Å². The molecular weight excluding hydrogens is 301 g/mol. The standard InChI is InChI=1S/C15H13O2.Y/c16-15-10-13(11-6-2-1-3-7-11)12-8-4-5-9-14(12)17-15;/h1-3,5-9,13,15-16H,10H2;/q-1;. The van der Waals surface area contributed by atoms with Gasteiger partial charge in [0.15, 0.2) is 6.29 Å². The summed E-state index contributed by atoms with van der Waals surface area (Å²) in [4.78, 5) is 0. The average Bonchev–Trinajstić information content (AvgIpc) is 2.39. The maximum absolute atomic E-state index is 9.76. The van der Waals surface area contributed by atoms with E-state index < -0.39 is 6.29 Å². The van der Waals surface area contributed by atoms with Crippen LogP contribution in [0.25, 0.3) is 0 Å². The molecule has 2 aromatic carbocycles. The molecule has 2 aromatic rings. The molecule has 89 valence electrons. The third kappa shape index (κ3) is 2.66. The molecule has 1 aliphatic heterocycles. The summed E-state index contributed by atoms with van der Waals surface area (Å²) in [7, 11) is 0. The quantitative estimate of drug-likeness (QED) is 0.820. The number of hydrogen-bond acceptors (Lipinski definition) is 2. The van der Waals surface area contributed by atoms with Crippen LogP contribution in [0.5, 0.6) is 5.75 Å². The second-order valence-electron chi connectivity index (χ2n) is 4.24. The number of aliphatic hydroxyl groups is 1. The minimum Gasteiger partial charge on any atom is -0.490 e. The van der Waals surface area contributed by atoms with Crippen LogP contribution in [0.3, 0.4) is 0 Å². The summed E-state index contributed by atoms with van der Waals surface area (Å²) in [5, 5.41) is 9.76.